The van der Waals surface area contributed by atoms with E-state index in [1.807, 2.05) is 6.07 Å². The smallest absolute Gasteiger partial charge is 0.257 e. The Balaban J connectivity index is 1.78. The number of nitrogens with two attached hydrogens (primary N) is 1. The molecule has 0 amide bonds. The number of aryl methyl sites for hydroxylation is 1. The molecule has 1 aromatic carbocycles. The van der Waals surface area contributed by atoms with Gasteiger partial charge in [0, 0.05) is 11.8 Å². The Morgan fingerprint density at radius 1 is 1.44 bits per heavy atom. The number of thioether (sulfide) groups is 1. The standard InChI is InChI=1S/C10H10N6OS/c1-16-14-9(13-15-16)5-18-10-12-7-3-2-6(11)4-8(7)17-10/h2-4H,5,11H2,1H3. The van der Waals surface area contributed by atoms with Crippen LogP contribution in [0.5, 0.6) is 0 Å². The molecule has 2 heterocycles. The van der Waals surface area contributed by atoms with Crippen molar-refractivity contribution in [1.29, 1.82) is 0 Å². The minimum atomic E-state index is 0.566. The summed E-state index contributed by atoms with van der Waals surface area (Å²) in [6.07, 6.45) is 0. The molecule has 0 saturated heterocycles. The Bertz CT molecular complexity index is 691. The zero-order chi connectivity index (χ0) is 12.5. The van der Waals surface area contributed by atoms with Crippen LogP contribution in [0.1, 0.15) is 5.82 Å². The van der Waals surface area contributed by atoms with Gasteiger partial charge >= 0.3 is 0 Å². The Labute approximate surface area is 106 Å². The maximum Gasteiger partial charge on any atom is 0.257 e. The number of nitrogens with zero attached hydrogens (tertiary/aromatic N) is 5. The molecule has 0 saturated carbocycles. The van der Waals surface area contributed by atoms with Gasteiger partial charge in [-0.2, -0.15) is 4.80 Å². The summed E-state index contributed by atoms with van der Waals surface area (Å²) < 4.78 is 5.57. The summed E-state index contributed by atoms with van der Waals surface area (Å²) in [5, 5.41) is 12.3. The van der Waals surface area contributed by atoms with Crippen molar-refractivity contribution in [3.05, 3.63) is 24.0 Å². The maximum absolute atomic E-state index is 5.68. The highest BCUT2D eigenvalue weighted by atomic mass is 32.2. The monoisotopic (exact) mass is 262 g/mol. The molecule has 92 valence electrons. The largest absolute Gasteiger partial charge is 0.431 e. The third kappa shape index (κ3) is 2.14. The molecule has 3 aromatic rings. The highest BCUT2D eigenvalue weighted by molar-refractivity contribution is 7.98. The number of hydrogen-bond donors (Lipinski definition) is 1. The first-order chi connectivity index (χ1) is 8.70. The first-order valence-electron chi connectivity index (χ1n) is 5.22. The first-order valence-corrected chi connectivity index (χ1v) is 6.21. The van der Waals surface area contributed by atoms with Gasteiger partial charge in [-0.3, -0.25) is 0 Å². The summed E-state index contributed by atoms with van der Waals surface area (Å²) in [6.45, 7) is 0. The van der Waals surface area contributed by atoms with Gasteiger partial charge in [0.25, 0.3) is 5.22 Å². The van der Waals surface area contributed by atoms with Crippen LogP contribution in [-0.4, -0.2) is 25.2 Å². The number of rotatable bonds is 3. The molecule has 0 bridgehead atoms. The number of fused-ring (bicyclic) bond motifs is 1. The number of hydrogen-bond acceptors (Lipinski definition) is 7. The SMILES string of the molecule is Cn1nnc(CSc2nc3ccc(N)cc3o2)n1. The summed E-state index contributed by atoms with van der Waals surface area (Å²) in [7, 11) is 1.73. The van der Waals surface area contributed by atoms with Crippen molar-refractivity contribution in [1.82, 2.24) is 25.2 Å². The number of oxazole rings is 1. The molecule has 0 atom stereocenters. The Kier molecular flexibility index (Phi) is 2.63. The molecule has 18 heavy (non-hydrogen) atoms. The first kappa shape index (κ1) is 11.0. The van der Waals surface area contributed by atoms with Crippen molar-refractivity contribution < 1.29 is 4.42 Å². The number of nitrogen functional groups attached to an aromatic ring is 1. The molecule has 0 spiro atoms. The van der Waals surface area contributed by atoms with Gasteiger partial charge in [0.15, 0.2) is 11.4 Å². The van der Waals surface area contributed by atoms with E-state index in [1.54, 1.807) is 19.2 Å². The van der Waals surface area contributed by atoms with Crippen molar-refractivity contribution in [2.45, 2.75) is 11.0 Å². The van der Waals surface area contributed by atoms with Gasteiger partial charge in [-0.1, -0.05) is 11.8 Å². The van der Waals surface area contributed by atoms with Gasteiger partial charge in [0.2, 0.25) is 0 Å². The van der Waals surface area contributed by atoms with Crippen molar-refractivity contribution >= 4 is 28.5 Å². The van der Waals surface area contributed by atoms with Gasteiger partial charge in [0.05, 0.1) is 12.8 Å². The van der Waals surface area contributed by atoms with Gasteiger partial charge in [-0.25, -0.2) is 4.98 Å². The fourth-order valence-electron chi connectivity index (χ4n) is 1.49. The van der Waals surface area contributed by atoms with E-state index in [9.17, 15) is 0 Å². The third-order valence-electron chi connectivity index (χ3n) is 2.27. The number of anilines is 1. The molecule has 3 rings (SSSR count). The van der Waals surface area contributed by atoms with Crippen LogP contribution in [0.25, 0.3) is 11.1 Å². The second kappa shape index (κ2) is 4.30. The van der Waals surface area contributed by atoms with E-state index in [0.29, 0.717) is 28.1 Å². The highest BCUT2D eigenvalue weighted by Crippen LogP contribution is 2.26. The van der Waals surface area contributed by atoms with E-state index in [-0.39, 0.29) is 0 Å². The van der Waals surface area contributed by atoms with Gasteiger partial charge in [0.1, 0.15) is 5.52 Å². The molecule has 0 aliphatic carbocycles. The second-order valence-electron chi connectivity index (χ2n) is 3.69. The highest BCUT2D eigenvalue weighted by Gasteiger charge is 2.08. The molecule has 0 aliphatic rings. The fourth-order valence-corrected chi connectivity index (χ4v) is 2.17. The Morgan fingerprint density at radius 2 is 2.33 bits per heavy atom. The zero-order valence-corrected chi connectivity index (χ0v) is 10.4. The van der Waals surface area contributed by atoms with Gasteiger partial charge < -0.3 is 10.2 Å². The molecule has 8 heteroatoms. The van der Waals surface area contributed by atoms with E-state index < -0.39 is 0 Å². The molecule has 0 aliphatic heterocycles. The normalized spacial score (nSPS) is 11.2. The number of benzene rings is 1. The van der Waals surface area contributed by atoms with Crippen LogP contribution in [0.3, 0.4) is 0 Å². The minimum Gasteiger partial charge on any atom is -0.431 e. The van der Waals surface area contributed by atoms with Gasteiger partial charge in [-0.15, -0.1) is 10.2 Å². The van der Waals surface area contributed by atoms with E-state index >= 15 is 0 Å². The zero-order valence-electron chi connectivity index (χ0n) is 9.57. The summed E-state index contributed by atoms with van der Waals surface area (Å²) in [4.78, 5) is 5.75. The lowest BCUT2D eigenvalue weighted by atomic mass is 10.3. The minimum absolute atomic E-state index is 0.566. The Morgan fingerprint density at radius 3 is 3.11 bits per heavy atom. The lowest BCUT2D eigenvalue weighted by Crippen LogP contribution is -1.92. The molecule has 2 aromatic heterocycles. The van der Waals surface area contributed by atoms with Crippen LogP contribution >= 0.6 is 11.8 Å². The summed E-state index contributed by atoms with van der Waals surface area (Å²) in [6, 6.07) is 5.38. The van der Waals surface area contributed by atoms with E-state index in [0.717, 1.165) is 5.52 Å². The topological polar surface area (TPSA) is 95.7 Å². The molecular formula is C10H10N6OS. The lowest BCUT2D eigenvalue weighted by molar-refractivity contribution is 0.489. The van der Waals surface area contributed by atoms with E-state index in [1.165, 1.54) is 16.6 Å². The lowest BCUT2D eigenvalue weighted by Gasteiger charge is -1.90. The van der Waals surface area contributed by atoms with E-state index in [4.69, 9.17) is 10.2 Å². The van der Waals surface area contributed by atoms with Crippen molar-refractivity contribution in [2.75, 3.05) is 5.73 Å². The van der Waals surface area contributed by atoms with Crippen LogP contribution < -0.4 is 5.73 Å². The van der Waals surface area contributed by atoms with Gasteiger partial charge in [-0.05, 0) is 17.3 Å². The van der Waals surface area contributed by atoms with Crippen LogP contribution in [0.2, 0.25) is 0 Å². The van der Waals surface area contributed by atoms with Crippen LogP contribution in [0, 0.1) is 0 Å². The number of aromatic nitrogens is 5. The summed E-state index contributed by atoms with van der Waals surface area (Å²) in [5.41, 5.74) is 7.81. The van der Waals surface area contributed by atoms with Crippen molar-refractivity contribution in [3.8, 4) is 0 Å². The van der Waals surface area contributed by atoms with Crippen molar-refractivity contribution in [3.63, 3.8) is 0 Å². The average molecular weight is 262 g/mol. The second-order valence-corrected chi connectivity index (χ2v) is 4.62. The van der Waals surface area contributed by atoms with Crippen LogP contribution in [0.15, 0.2) is 27.8 Å². The predicted octanol–water partition coefficient (Wildman–Crippen LogP) is 1.23. The van der Waals surface area contributed by atoms with E-state index in [2.05, 4.69) is 20.4 Å². The quantitative estimate of drug-likeness (QED) is 0.560. The summed E-state index contributed by atoms with van der Waals surface area (Å²) in [5.74, 6) is 1.21. The van der Waals surface area contributed by atoms with Crippen molar-refractivity contribution in [2.24, 2.45) is 7.05 Å². The molecular weight excluding hydrogens is 252 g/mol. The molecule has 0 unspecified atom stereocenters. The van der Waals surface area contributed by atoms with Crippen LogP contribution in [-0.2, 0) is 12.8 Å². The third-order valence-corrected chi connectivity index (χ3v) is 3.09. The molecule has 7 nitrogen and oxygen atoms in total. The Hall–Kier alpha value is -2.09. The number of tetrazole rings is 1. The van der Waals surface area contributed by atoms with Crippen LogP contribution in [0.4, 0.5) is 5.69 Å². The maximum atomic E-state index is 5.68. The summed E-state index contributed by atoms with van der Waals surface area (Å²) >= 11 is 1.42. The predicted molar refractivity (Wildman–Crippen MR) is 66.8 cm³/mol. The average Bonchev–Trinajstić information content (AvgIpc) is 2.92. The fraction of sp³-hybridized carbons (Fsp3) is 0.200. The molecule has 2 N–H and O–H groups in total. The molecule has 0 fully saturated rings. The molecule has 0 radical (unpaired) electrons.